The number of aromatic amines is 1. The third-order valence-corrected chi connectivity index (χ3v) is 6.31. The maximum absolute atomic E-state index is 12.4. The summed E-state index contributed by atoms with van der Waals surface area (Å²) in [4.78, 5) is 34.7. The molecule has 3 rings (SSSR count). The van der Waals surface area contributed by atoms with Gasteiger partial charge in [0.25, 0.3) is 5.56 Å². The van der Waals surface area contributed by atoms with Crippen molar-refractivity contribution in [3.63, 3.8) is 0 Å². The zero-order valence-corrected chi connectivity index (χ0v) is 16.7. The van der Waals surface area contributed by atoms with Crippen LogP contribution < -0.4 is 5.56 Å². The van der Waals surface area contributed by atoms with Crippen molar-refractivity contribution >= 4 is 39.3 Å². The summed E-state index contributed by atoms with van der Waals surface area (Å²) in [6.07, 6.45) is -0.624. The summed E-state index contributed by atoms with van der Waals surface area (Å²) in [5, 5.41) is 0.254. The van der Waals surface area contributed by atoms with E-state index in [1.165, 1.54) is 23.1 Å². The van der Waals surface area contributed by atoms with Crippen LogP contribution in [0.25, 0.3) is 10.2 Å². The number of rotatable bonds is 5. The van der Waals surface area contributed by atoms with Gasteiger partial charge >= 0.3 is 5.97 Å². The first-order valence-electron chi connectivity index (χ1n) is 8.29. The monoisotopic (exact) mass is 388 g/mol. The summed E-state index contributed by atoms with van der Waals surface area (Å²) >= 11 is 2.91. The van der Waals surface area contributed by atoms with Gasteiger partial charge in [-0.3, -0.25) is 9.59 Å². The second kappa shape index (κ2) is 7.63. The van der Waals surface area contributed by atoms with Gasteiger partial charge in [0.05, 0.1) is 5.39 Å². The van der Waals surface area contributed by atoms with E-state index in [4.69, 9.17) is 4.74 Å². The van der Waals surface area contributed by atoms with Gasteiger partial charge in [0, 0.05) is 9.77 Å². The molecule has 0 fully saturated rings. The second-order valence-electron chi connectivity index (χ2n) is 6.07. The van der Waals surface area contributed by atoms with Crippen LogP contribution in [0.2, 0.25) is 0 Å². The standard InChI is InChI=1S/C19H20N2O3S2/c1-10-12(3)26-18-15(10)17(22)20-16(21-18)11(2)24-19(23)13(4)25-14-8-6-5-7-9-14/h5-9,11,13H,1-4H3,(H,20,21,22)/t11-,13-/m1/s1. The number of fused-ring (bicyclic) bond motifs is 1. The summed E-state index contributed by atoms with van der Waals surface area (Å²) in [7, 11) is 0. The molecule has 1 aromatic carbocycles. The molecular weight excluding hydrogens is 368 g/mol. The maximum atomic E-state index is 12.4. The van der Waals surface area contributed by atoms with Gasteiger partial charge in [-0.25, -0.2) is 4.98 Å². The highest BCUT2D eigenvalue weighted by molar-refractivity contribution is 8.00. The molecule has 0 aliphatic rings. The Bertz CT molecular complexity index is 995. The van der Waals surface area contributed by atoms with E-state index < -0.39 is 6.10 Å². The molecule has 5 nitrogen and oxygen atoms in total. The van der Waals surface area contributed by atoms with Gasteiger partial charge in [-0.1, -0.05) is 18.2 Å². The third-order valence-electron chi connectivity index (χ3n) is 4.12. The minimum atomic E-state index is -0.624. The predicted octanol–water partition coefficient (Wildman–Crippen LogP) is 4.39. The highest BCUT2D eigenvalue weighted by Gasteiger charge is 2.22. The van der Waals surface area contributed by atoms with Crippen LogP contribution in [0, 0.1) is 13.8 Å². The average Bonchev–Trinajstić information content (AvgIpc) is 2.90. The molecule has 7 heteroatoms. The van der Waals surface area contributed by atoms with Gasteiger partial charge in [0.15, 0.2) is 11.9 Å². The van der Waals surface area contributed by atoms with E-state index in [2.05, 4.69) is 9.97 Å². The molecule has 2 aromatic heterocycles. The second-order valence-corrected chi connectivity index (χ2v) is 8.68. The number of ether oxygens (including phenoxy) is 1. The van der Waals surface area contributed by atoms with Crippen molar-refractivity contribution < 1.29 is 9.53 Å². The van der Waals surface area contributed by atoms with Crippen molar-refractivity contribution in [1.82, 2.24) is 9.97 Å². The smallest absolute Gasteiger partial charge is 0.319 e. The van der Waals surface area contributed by atoms with E-state index in [1.807, 2.05) is 44.2 Å². The number of hydrogen-bond acceptors (Lipinski definition) is 6. The van der Waals surface area contributed by atoms with Crippen LogP contribution in [-0.4, -0.2) is 21.2 Å². The molecule has 0 bridgehead atoms. The van der Waals surface area contributed by atoms with E-state index >= 15 is 0 Å². The van der Waals surface area contributed by atoms with Crippen molar-refractivity contribution in [1.29, 1.82) is 0 Å². The molecule has 0 amide bonds. The minimum Gasteiger partial charge on any atom is -0.454 e. The fourth-order valence-corrected chi connectivity index (χ4v) is 4.45. The summed E-state index contributed by atoms with van der Waals surface area (Å²) in [5.41, 5.74) is 0.754. The average molecular weight is 389 g/mol. The van der Waals surface area contributed by atoms with E-state index in [9.17, 15) is 9.59 Å². The number of benzene rings is 1. The van der Waals surface area contributed by atoms with Crippen LogP contribution in [0.15, 0.2) is 40.0 Å². The highest BCUT2D eigenvalue weighted by Crippen LogP contribution is 2.28. The number of thioether (sulfide) groups is 1. The highest BCUT2D eigenvalue weighted by atomic mass is 32.2. The lowest BCUT2D eigenvalue weighted by Gasteiger charge is -2.16. The number of carbonyl (C=O) groups excluding carboxylic acids is 1. The summed E-state index contributed by atoms with van der Waals surface area (Å²) in [6.45, 7) is 7.40. The summed E-state index contributed by atoms with van der Waals surface area (Å²) in [6, 6.07) is 9.69. The Hall–Kier alpha value is -2.12. The Kier molecular flexibility index (Phi) is 5.48. The largest absolute Gasteiger partial charge is 0.454 e. The van der Waals surface area contributed by atoms with E-state index in [-0.39, 0.29) is 16.8 Å². The van der Waals surface area contributed by atoms with E-state index in [0.717, 1.165) is 15.3 Å². The number of esters is 1. The Morgan fingerprint density at radius 2 is 1.92 bits per heavy atom. The molecule has 0 aliphatic carbocycles. The Balaban J connectivity index is 1.75. The molecule has 3 aromatic rings. The van der Waals surface area contributed by atoms with Crippen molar-refractivity contribution in [2.24, 2.45) is 0 Å². The summed E-state index contributed by atoms with van der Waals surface area (Å²) < 4.78 is 5.52. The normalized spacial score (nSPS) is 13.5. The number of carbonyl (C=O) groups is 1. The van der Waals surface area contributed by atoms with Gasteiger partial charge < -0.3 is 9.72 Å². The lowest BCUT2D eigenvalue weighted by atomic mass is 10.2. The molecule has 0 saturated heterocycles. The predicted molar refractivity (Wildman–Crippen MR) is 106 cm³/mol. The number of aromatic nitrogens is 2. The van der Waals surface area contributed by atoms with Crippen molar-refractivity contribution in [3.05, 3.63) is 57.0 Å². The number of nitrogens with one attached hydrogen (secondary N) is 1. The van der Waals surface area contributed by atoms with Gasteiger partial charge in [0.2, 0.25) is 0 Å². The summed E-state index contributed by atoms with van der Waals surface area (Å²) in [5.74, 6) is 0.0293. The van der Waals surface area contributed by atoms with Crippen LogP contribution in [0.1, 0.15) is 36.2 Å². The molecule has 0 radical (unpaired) electrons. The molecule has 0 unspecified atom stereocenters. The maximum Gasteiger partial charge on any atom is 0.319 e. The molecule has 0 aliphatic heterocycles. The van der Waals surface area contributed by atoms with Gasteiger partial charge in [0.1, 0.15) is 10.1 Å². The molecular formula is C19H20N2O3S2. The lowest BCUT2D eigenvalue weighted by Crippen LogP contribution is -2.21. The zero-order chi connectivity index (χ0) is 18.8. The van der Waals surface area contributed by atoms with Crippen LogP contribution in [0.3, 0.4) is 0 Å². The Labute approximate surface area is 159 Å². The first kappa shape index (κ1) is 18.7. The topological polar surface area (TPSA) is 72.0 Å². The van der Waals surface area contributed by atoms with Crippen molar-refractivity contribution in [3.8, 4) is 0 Å². The van der Waals surface area contributed by atoms with Crippen LogP contribution in [0.5, 0.6) is 0 Å². The molecule has 2 heterocycles. The number of H-pyrrole nitrogens is 1. The Morgan fingerprint density at radius 3 is 2.62 bits per heavy atom. The number of nitrogens with zero attached hydrogens (tertiary/aromatic N) is 1. The first-order valence-corrected chi connectivity index (χ1v) is 9.98. The molecule has 26 heavy (non-hydrogen) atoms. The quantitative estimate of drug-likeness (QED) is 0.518. The van der Waals surface area contributed by atoms with Gasteiger partial charge in [-0.05, 0) is 45.4 Å². The fraction of sp³-hybridized carbons (Fsp3) is 0.316. The van der Waals surface area contributed by atoms with E-state index in [1.54, 1.807) is 13.8 Å². The molecule has 0 saturated carbocycles. The lowest BCUT2D eigenvalue weighted by molar-refractivity contribution is -0.147. The SMILES string of the molecule is Cc1sc2nc([C@@H](C)OC(=O)[C@@H](C)Sc3ccccc3)[nH]c(=O)c2c1C. The number of aryl methyl sites for hydroxylation is 2. The third kappa shape index (κ3) is 3.83. The van der Waals surface area contributed by atoms with Crippen molar-refractivity contribution in [2.75, 3.05) is 0 Å². The van der Waals surface area contributed by atoms with Crippen LogP contribution in [-0.2, 0) is 9.53 Å². The van der Waals surface area contributed by atoms with Crippen LogP contribution >= 0.6 is 23.1 Å². The van der Waals surface area contributed by atoms with E-state index in [0.29, 0.717) is 16.0 Å². The zero-order valence-electron chi connectivity index (χ0n) is 15.0. The minimum absolute atomic E-state index is 0.193. The van der Waals surface area contributed by atoms with Crippen LogP contribution in [0.4, 0.5) is 0 Å². The molecule has 2 atom stereocenters. The number of hydrogen-bond donors (Lipinski definition) is 1. The molecule has 1 N–H and O–H groups in total. The number of thiophene rings is 1. The van der Waals surface area contributed by atoms with Crippen molar-refractivity contribution in [2.45, 2.75) is 43.9 Å². The fourth-order valence-electron chi connectivity index (χ4n) is 2.54. The molecule has 0 spiro atoms. The van der Waals surface area contributed by atoms with Gasteiger partial charge in [-0.2, -0.15) is 0 Å². The molecule has 136 valence electrons. The Morgan fingerprint density at radius 1 is 1.23 bits per heavy atom. The first-order chi connectivity index (χ1) is 12.4. The van der Waals surface area contributed by atoms with Gasteiger partial charge in [-0.15, -0.1) is 23.1 Å².